The second-order valence-corrected chi connectivity index (χ2v) is 3.41. The summed E-state index contributed by atoms with van der Waals surface area (Å²) in [6, 6.07) is 4.66. The largest absolute Gasteiger partial charge is 0.490 e. The van der Waals surface area contributed by atoms with E-state index in [0.717, 1.165) is 0 Å². The molecule has 0 amide bonds. The van der Waals surface area contributed by atoms with Crippen LogP contribution in [-0.2, 0) is 4.74 Å². The van der Waals surface area contributed by atoms with E-state index in [4.69, 9.17) is 15.6 Å². The number of ether oxygens (including phenoxy) is 2. The van der Waals surface area contributed by atoms with Crippen LogP contribution in [0.1, 0.15) is 17.3 Å². The first-order valence-electron chi connectivity index (χ1n) is 4.83. The number of methoxy groups -OCH3 is 1. The molecule has 0 aromatic heterocycles. The van der Waals surface area contributed by atoms with E-state index in [-0.39, 0.29) is 12.2 Å². The van der Waals surface area contributed by atoms with Crippen molar-refractivity contribution in [3.63, 3.8) is 0 Å². The van der Waals surface area contributed by atoms with Crippen LogP contribution in [0.25, 0.3) is 0 Å². The van der Waals surface area contributed by atoms with Crippen molar-refractivity contribution in [2.45, 2.75) is 13.0 Å². The third kappa shape index (κ3) is 3.13. The molecule has 1 aromatic carbocycles. The van der Waals surface area contributed by atoms with Crippen molar-refractivity contribution in [1.82, 2.24) is 0 Å². The molecule has 0 aliphatic heterocycles. The van der Waals surface area contributed by atoms with E-state index in [2.05, 4.69) is 4.74 Å². The molecular formula is C11H15NO4. The van der Waals surface area contributed by atoms with Gasteiger partial charge in [-0.1, -0.05) is 0 Å². The summed E-state index contributed by atoms with van der Waals surface area (Å²) in [4.78, 5) is 11.4. The standard InChI is InChI=1S/C11H15NO4/c1-7(13)6-16-10-4-3-8(12)5-9(10)11(14)15-2/h3-5,7,13H,6,12H2,1-2H3. The van der Waals surface area contributed by atoms with Crippen molar-refractivity contribution in [2.75, 3.05) is 19.5 Å². The molecule has 0 spiro atoms. The quantitative estimate of drug-likeness (QED) is 0.585. The summed E-state index contributed by atoms with van der Waals surface area (Å²) in [6.45, 7) is 1.70. The maximum atomic E-state index is 11.4. The molecule has 0 saturated heterocycles. The molecule has 0 aliphatic carbocycles. The third-order valence-electron chi connectivity index (χ3n) is 1.89. The number of esters is 1. The Morgan fingerprint density at radius 2 is 2.25 bits per heavy atom. The smallest absolute Gasteiger partial charge is 0.341 e. The summed E-state index contributed by atoms with van der Waals surface area (Å²) >= 11 is 0. The molecule has 1 unspecified atom stereocenters. The highest BCUT2D eigenvalue weighted by atomic mass is 16.5. The second-order valence-electron chi connectivity index (χ2n) is 3.41. The Morgan fingerprint density at radius 1 is 1.56 bits per heavy atom. The lowest BCUT2D eigenvalue weighted by molar-refractivity contribution is 0.0591. The van der Waals surface area contributed by atoms with Gasteiger partial charge in [0.25, 0.3) is 0 Å². The summed E-state index contributed by atoms with van der Waals surface area (Å²) in [6.07, 6.45) is -0.608. The van der Waals surface area contributed by atoms with Gasteiger partial charge in [0.1, 0.15) is 17.9 Å². The van der Waals surface area contributed by atoms with Crippen LogP contribution in [0, 0.1) is 0 Å². The fourth-order valence-electron chi connectivity index (χ4n) is 1.15. The van der Waals surface area contributed by atoms with E-state index in [1.807, 2.05) is 0 Å². The van der Waals surface area contributed by atoms with Gasteiger partial charge >= 0.3 is 5.97 Å². The molecule has 0 heterocycles. The van der Waals surface area contributed by atoms with E-state index < -0.39 is 12.1 Å². The highest BCUT2D eigenvalue weighted by Crippen LogP contribution is 2.22. The van der Waals surface area contributed by atoms with Crippen LogP contribution >= 0.6 is 0 Å². The second kappa shape index (κ2) is 5.37. The monoisotopic (exact) mass is 225 g/mol. The number of anilines is 1. The summed E-state index contributed by atoms with van der Waals surface area (Å²) in [5.74, 6) is -0.171. The normalized spacial score (nSPS) is 11.9. The lowest BCUT2D eigenvalue weighted by Crippen LogP contribution is -2.15. The third-order valence-corrected chi connectivity index (χ3v) is 1.89. The molecule has 1 atom stereocenters. The van der Waals surface area contributed by atoms with Crippen LogP contribution in [0.5, 0.6) is 5.75 Å². The topological polar surface area (TPSA) is 81.8 Å². The number of rotatable bonds is 4. The Hall–Kier alpha value is -1.75. The molecule has 16 heavy (non-hydrogen) atoms. The summed E-state index contributed by atoms with van der Waals surface area (Å²) in [7, 11) is 1.28. The van der Waals surface area contributed by atoms with Crippen LogP contribution in [0.2, 0.25) is 0 Å². The van der Waals surface area contributed by atoms with Gasteiger partial charge in [0.15, 0.2) is 0 Å². The SMILES string of the molecule is COC(=O)c1cc(N)ccc1OCC(C)O. The summed E-state index contributed by atoms with van der Waals surface area (Å²) < 4.78 is 9.87. The molecule has 0 fully saturated rings. The van der Waals surface area contributed by atoms with E-state index in [0.29, 0.717) is 11.4 Å². The zero-order valence-electron chi connectivity index (χ0n) is 9.27. The zero-order valence-corrected chi connectivity index (χ0v) is 9.27. The minimum Gasteiger partial charge on any atom is -0.490 e. The Labute approximate surface area is 93.8 Å². The average molecular weight is 225 g/mol. The van der Waals surface area contributed by atoms with Crippen LogP contribution in [-0.4, -0.2) is 30.9 Å². The predicted octanol–water partition coefficient (Wildman–Crippen LogP) is 0.815. The Morgan fingerprint density at radius 3 is 2.81 bits per heavy atom. The van der Waals surface area contributed by atoms with Crippen LogP contribution in [0.3, 0.4) is 0 Å². The molecule has 88 valence electrons. The van der Waals surface area contributed by atoms with E-state index >= 15 is 0 Å². The fourth-order valence-corrected chi connectivity index (χ4v) is 1.15. The van der Waals surface area contributed by atoms with Crippen molar-refractivity contribution in [1.29, 1.82) is 0 Å². The molecule has 3 N–H and O–H groups in total. The average Bonchev–Trinajstić information content (AvgIpc) is 2.26. The number of benzene rings is 1. The van der Waals surface area contributed by atoms with Gasteiger partial charge in [-0.3, -0.25) is 0 Å². The molecule has 1 rings (SSSR count). The van der Waals surface area contributed by atoms with Gasteiger partial charge < -0.3 is 20.3 Å². The number of carbonyl (C=O) groups is 1. The van der Waals surface area contributed by atoms with Gasteiger partial charge in [-0.05, 0) is 25.1 Å². The van der Waals surface area contributed by atoms with Gasteiger partial charge in [0.05, 0.1) is 13.2 Å². The van der Waals surface area contributed by atoms with E-state index in [9.17, 15) is 4.79 Å². The first-order chi connectivity index (χ1) is 7.54. The van der Waals surface area contributed by atoms with Gasteiger partial charge in [0.2, 0.25) is 0 Å². The molecule has 0 saturated carbocycles. The molecule has 5 nitrogen and oxygen atoms in total. The number of nitrogen functional groups attached to an aromatic ring is 1. The number of aliphatic hydroxyl groups is 1. The van der Waals surface area contributed by atoms with Crippen LogP contribution in [0.15, 0.2) is 18.2 Å². The van der Waals surface area contributed by atoms with Crippen molar-refractivity contribution < 1.29 is 19.4 Å². The number of carbonyl (C=O) groups excluding carboxylic acids is 1. The van der Waals surface area contributed by atoms with Gasteiger partial charge in [0, 0.05) is 5.69 Å². The van der Waals surface area contributed by atoms with Crippen LogP contribution in [0.4, 0.5) is 5.69 Å². The predicted molar refractivity (Wildman–Crippen MR) is 59.4 cm³/mol. The number of nitrogens with two attached hydrogens (primary N) is 1. The molecule has 0 radical (unpaired) electrons. The number of hydrogen-bond acceptors (Lipinski definition) is 5. The molecule has 0 aliphatic rings. The van der Waals surface area contributed by atoms with Gasteiger partial charge in [-0.15, -0.1) is 0 Å². The first-order valence-corrected chi connectivity index (χ1v) is 4.83. The molecule has 1 aromatic rings. The van der Waals surface area contributed by atoms with Gasteiger partial charge in [-0.2, -0.15) is 0 Å². The lowest BCUT2D eigenvalue weighted by Gasteiger charge is -2.11. The zero-order chi connectivity index (χ0) is 12.1. The van der Waals surface area contributed by atoms with Crippen molar-refractivity contribution >= 4 is 11.7 Å². The highest BCUT2D eigenvalue weighted by Gasteiger charge is 2.13. The van der Waals surface area contributed by atoms with Crippen molar-refractivity contribution in [3.8, 4) is 5.75 Å². The molecule has 5 heteroatoms. The van der Waals surface area contributed by atoms with E-state index in [1.165, 1.54) is 13.2 Å². The summed E-state index contributed by atoms with van der Waals surface area (Å²) in [5.41, 5.74) is 6.27. The minimum absolute atomic E-state index is 0.105. The Balaban J connectivity index is 2.93. The number of aliphatic hydroxyl groups excluding tert-OH is 1. The van der Waals surface area contributed by atoms with Crippen molar-refractivity contribution in [3.05, 3.63) is 23.8 Å². The highest BCUT2D eigenvalue weighted by molar-refractivity contribution is 5.93. The maximum absolute atomic E-state index is 11.4. The molecule has 0 bridgehead atoms. The van der Waals surface area contributed by atoms with Crippen molar-refractivity contribution in [2.24, 2.45) is 0 Å². The Bertz CT molecular complexity index is 376. The van der Waals surface area contributed by atoms with Crippen LogP contribution < -0.4 is 10.5 Å². The molecular weight excluding hydrogens is 210 g/mol. The van der Waals surface area contributed by atoms with E-state index in [1.54, 1.807) is 19.1 Å². The lowest BCUT2D eigenvalue weighted by atomic mass is 10.2. The summed E-state index contributed by atoms with van der Waals surface area (Å²) in [5, 5.41) is 9.09. The Kier molecular flexibility index (Phi) is 4.13. The maximum Gasteiger partial charge on any atom is 0.341 e. The van der Waals surface area contributed by atoms with Gasteiger partial charge in [-0.25, -0.2) is 4.79 Å². The fraction of sp³-hybridized carbons (Fsp3) is 0.364. The number of hydrogen-bond donors (Lipinski definition) is 2. The first kappa shape index (κ1) is 12.3. The minimum atomic E-state index is -0.608.